The highest BCUT2D eigenvalue weighted by Gasteiger charge is 2.10. The Morgan fingerprint density at radius 1 is 1.44 bits per heavy atom. The van der Waals surface area contributed by atoms with Crippen LogP contribution < -0.4 is 10.9 Å². The Bertz CT molecular complexity index is 627. The van der Waals surface area contributed by atoms with E-state index >= 15 is 0 Å². The Morgan fingerprint density at radius 3 is 2.83 bits per heavy atom. The van der Waals surface area contributed by atoms with Crippen LogP contribution >= 0.6 is 0 Å². The molecule has 3 N–H and O–H groups in total. The first-order valence-corrected chi connectivity index (χ1v) is 5.41. The van der Waals surface area contributed by atoms with Gasteiger partial charge in [0.1, 0.15) is 5.69 Å². The normalized spacial score (nSPS) is 10.5. The summed E-state index contributed by atoms with van der Waals surface area (Å²) in [5.74, 6) is -1.16. The number of nitrogens with one attached hydrogen (secondary N) is 2. The van der Waals surface area contributed by atoms with Crippen LogP contribution in [0.15, 0.2) is 35.1 Å². The molecule has 2 aromatic rings. The number of nitrogens with zero attached hydrogens (tertiary/aromatic N) is 1. The molecule has 0 atom stereocenters. The summed E-state index contributed by atoms with van der Waals surface area (Å²) in [5.41, 5.74) is 1.10. The third kappa shape index (κ3) is 2.33. The van der Waals surface area contributed by atoms with Gasteiger partial charge in [-0.25, -0.2) is 9.48 Å². The standard InChI is InChI=1S/C12H13N3O3/c1-13-7-8-3-2-4-9(5-8)15-11(16)6-10(14-15)12(17)18/h2-6,13-14H,7H2,1H3,(H,17,18). The number of aromatic amines is 1. The molecular weight excluding hydrogens is 234 g/mol. The van der Waals surface area contributed by atoms with Crippen LogP contribution in [-0.4, -0.2) is 27.9 Å². The van der Waals surface area contributed by atoms with E-state index in [2.05, 4.69) is 10.4 Å². The SMILES string of the molecule is CNCc1cccc(-n2[nH]c(C(=O)O)cc2=O)c1. The first-order valence-electron chi connectivity index (χ1n) is 5.41. The molecule has 2 rings (SSSR count). The molecule has 0 bridgehead atoms. The summed E-state index contributed by atoms with van der Waals surface area (Å²) < 4.78 is 1.21. The summed E-state index contributed by atoms with van der Waals surface area (Å²) in [6.07, 6.45) is 0. The molecule has 18 heavy (non-hydrogen) atoms. The van der Waals surface area contributed by atoms with Gasteiger partial charge in [-0.15, -0.1) is 0 Å². The quantitative estimate of drug-likeness (QED) is 0.737. The fourth-order valence-corrected chi connectivity index (χ4v) is 1.71. The lowest BCUT2D eigenvalue weighted by Crippen LogP contribution is -2.14. The molecule has 6 nitrogen and oxygen atoms in total. The van der Waals surface area contributed by atoms with Crippen molar-refractivity contribution in [3.63, 3.8) is 0 Å². The number of aromatic nitrogens is 2. The summed E-state index contributed by atoms with van der Waals surface area (Å²) in [4.78, 5) is 22.4. The second-order valence-electron chi connectivity index (χ2n) is 3.85. The van der Waals surface area contributed by atoms with Crippen molar-refractivity contribution < 1.29 is 9.90 Å². The van der Waals surface area contributed by atoms with Crippen LogP contribution in [0.5, 0.6) is 0 Å². The molecule has 1 heterocycles. The second-order valence-corrected chi connectivity index (χ2v) is 3.85. The highest BCUT2D eigenvalue weighted by atomic mass is 16.4. The Balaban J connectivity index is 2.45. The van der Waals surface area contributed by atoms with Crippen molar-refractivity contribution in [2.75, 3.05) is 7.05 Å². The lowest BCUT2D eigenvalue weighted by atomic mass is 10.2. The number of rotatable bonds is 4. The van der Waals surface area contributed by atoms with Gasteiger partial charge in [-0.05, 0) is 24.7 Å². The monoisotopic (exact) mass is 247 g/mol. The number of carboxylic acid groups (broad SMARTS) is 1. The van der Waals surface area contributed by atoms with Crippen LogP contribution in [0.3, 0.4) is 0 Å². The highest BCUT2D eigenvalue weighted by Crippen LogP contribution is 2.08. The lowest BCUT2D eigenvalue weighted by molar-refractivity contribution is 0.0690. The minimum atomic E-state index is -1.16. The molecule has 6 heteroatoms. The van der Waals surface area contributed by atoms with Crippen molar-refractivity contribution in [2.45, 2.75) is 6.54 Å². The topological polar surface area (TPSA) is 87.1 Å². The van der Waals surface area contributed by atoms with Crippen molar-refractivity contribution in [3.05, 3.63) is 51.9 Å². The summed E-state index contributed by atoms with van der Waals surface area (Å²) >= 11 is 0. The van der Waals surface area contributed by atoms with E-state index in [9.17, 15) is 9.59 Å². The molecule has 0 saturated heterocycles. The number of H-pyrrole nitrogens is 1. The fourth-order valence-electron chi connectivity index (χ4n) is 1.71. The van der Waals surface area contributed by atoms with E-state index in [1.807, 2.05) is 25.2 Å². The molecule has 0 aliphatic heterocycles. The van der Waals surface area contributed by atoms with E-state index in [4.69, 9.17) is 5.11 Å². The molecule has 0 saturated carbocycles. The molecule has 0 radical (unpaired) electrons. The molecule has 1 aromatic heterocycles. The summed E-state index contributed by atoms with van der Waals surface area (Å²) in [6, 6.07) is 8.36. The van der Waals surface area contributed by atoms with Gasteiger partial charge in [0.25, 0.3) is 5.56 Å². The fraction of sp³-hybridized carbons (Fsp3) is 0.167. The van der Waals surface area contributed by atoms with Gasteiger partial charge in [-0.2, -0.15) is 0 Å². The zero-order valence-electron chi connectivity index (χ0n) is 9.80. The molecule has 0 amide bonds. The van der Waals surface area contributed by atoms with Crippen molar-refractivity contribution in [2.24, 2.45) is 0 Å². The van der Waals surface area contributed by atoms with E-state index in [0.717, 1.165) is 11.6 Å². The molecule has 0 aliphatic carbocycles. The van der Waals surface area contributed by atoms with E-state index in [1.165, 1.54) is 4.68 Å². The average Bonchev–Trinajstić information content (AvgIpc) is 2.72. The Morgan fingerprint density at radius 2 is 2.22 bits per heavy atom. The molecule has 0 spiro atoms. The molecular formula is C12H13N3O3. The van der Waals surface area contributed by atoms with Crippen LogP contribution in [0.1, 0.15) is 16.1 Å². The van der Waals surface area contributed by atoms with Crippen molar-refractivity contribution in [3.8, 4) is 5.69 Å². The Hall–Kier alpha value is -2.34. The largest absolute Gasteiger partial charge is 0.477 e. The van der Waals surface area contributed by atoms with Crippen molar-refractivity contribution in [1.82, 2.24) is 15.1 Å². The van der Waals surface area contributed by atoms with E-state index in [-0.39, 0.29) is 5.69 Å². The van der Waals surface area contributed by atoms with E-state index in [1.54, 1.807) is 6.07 Å². The average molecular weight is 247 g/mol. The van der Waals surface area contributed by atoms with E-state index in [0.29, 0.717) is 12.2 Å². The first kappa shape index (κ1) is 12.1. The van der Waals surface area contributed by atoms with Crippen molar-refractivity contribution in [1.29, 1.82) is 0 Å². The number of carboxylic acids is 1. The third-order valence-electron chi connectivity index (χ3n) is 2.50. The zero-order chi connectivity index (χ0) is 13.1. The van der Waals surface area contributed by atoms with Gasteiger partial charge in [-0.3, -0.25) is 9.89 Å². The maximum absolute atomic E-state index is 11.7. The van der Waals surface area contributed by atoms with Crippen molar-refractivity contribution >= 4 is 5.97 Å². The maximum Gasteiger partial charge on any atom is 0.353 e. The summed E-state index contributed by atoms with van der Waals surface area (Å²) in [6.45, 7) is 0.676. The summed E-state index contributed by atoms with van der Waals surface area (Å²) in [5, 5.41) is 14.4. The second kappa shape index (κ2) is 4.89. The van der Waals surface area contributed by atoms with Gasteiger partial charge >= 0.3 is 5.97 Å². The van der Waals surface area contributed by atoms with Crippen LogP contribution in [-0.2, 0) is 6.54 Å². The molecule has 94 valence electrons. The van der Waals surface area contributed by atoms with Crippen LogP contribution in [0.4, 0.5) is 0 Å². The summed E-state index contributed by atoms with van der Waals surface area (Å²) in [7, 11) is 1.83. The van der Waals surface area contributed by atoms with Gasteiger partial charge in [-0.1, -0.05) is 12.1 Å². The van der Waals surface area contributed by atoms with Gasteiger partial charge in [0, 0.05) is 12.6 Å². The number of carbonyl (C=O) groups is 1. The minimum Gasteiger partial charge on any atom is -0.477 e. The number of aromatic carboxylic acids is 1. The van der Waals surface area contributed by atoms with Crippen LogP contribution in [0.25, 0.3) is 5.69 Å². The van der Waals surface area contributed by atoms with Gasteiger partial charge in [0.2, 0.25) is 0 Å². The van der Waals surface area contributed by atoms with Crippen LogP contribution in [0.2, 0.25) is 0 Å². The maximum atomic E-state index is 11.7. The molecule has 0 fully saturated rings. The highest BCUT2D eigenvalue weighted by molar-refractivity contribution is 5.85. The molecule has 1 aromatic carbocycles. The van der Waals surface area contributed by atoms with E-state index < -0.39 is 11.5 Å². The van der Waals surface area contributed by atoms with Gasteiger partial charge in [0.05, 0.1) is 5.69 Å². The Labute approximate surface area is 103 Å². The van der Waals surface area contributed by atoms with Crippen LogP contribution in [0, 0.1) is 0 Å². The smallest absolute Gasteiger partial charge is 0.353 e. The number of hydrogen-bond acceptors (Lipinski definition) is 3. The zero-order valence-corrected chi connectivity index (χ0v) is 9.80. The predicted octanol–water partition coefficient (Wildman–Crippen LogP) is 0.583. The number of hydrogen-bond donors (Lipinski definition) is 3. The third-order valence-corrected chi connectivity index (χ3v) is 2.50. The predicted molar refractivity (Wildman–Crippen MR) is 66.1 cm³/mol. The Kier molecular flexibility index (Phi) is 3.29. The number of benzene rings is 1. The first-order chi connectivity index (χ1) is 8.61. The lowest BCUT2D eigenvalue weighted by Gasteiger charge is -2.05. The minimum absolute atomic E-state index is 0.126. The molecule has 0 unspecified atom stereocenters. The molecule has 0 aliphatic rings. The van der Waals surface area contributed by atoms with Gasteiger partial charge < -0.3 is 10.4 Å². The van der Waals surface area contributed by atoms with Gasteiger partial charge in [0.15, 0.2) is 0 Å².